The summed E-state index contributed by atoms with van der Waals surface area (Å²) in [6.07, 6.45) is 0. The number of aromatic amines is 1. The molecule has 6 nitrogen and oxygen atoms in total. The summed E-state index contributed by atoms with van der Waals surface area (Å²) < 4.78 is 0. The molecule has 0 saturated heterocycles. The van der Waals surface area contributed by atoms with Gasteiger partial charge >= 0.3 is 0 Å². The molecule has 0 aliphatic rings. The number of amides is 2. The van der Waals surface area contributed by atoms with E-state index in [0.29, 0.717) is 11.4 Å². The molecular weight excluding hydrogens is 396 g/mol. The summed E-state index contributed by atoms with van der Waals surface area (Å²) in [4.78, 5) is 25.8. The van der Waals surface area contributed by atoms with Crippen LogP contribution in [-0.4, -0.2) is 22.0 Å². The summed E-state index contributed by atoms with van der Waals surface area (Å²) in [7, 11) is 0. The van der Waals surface area contributed by atoms with Crippen LogP contribution in [0, 0.1) is 6.92 Å². The zero-order valence-corrected chi connectivity index (χ0v) is 17.3. The zero-order valence-electron chi connectivity index (χ0n) is 16.5. The van der Waals surface area contributed by atoms with Crippen molar-refractivity contribution in [2.24, 2.45) is 0 Å². The van der Waals surface area contributed by atoms with Gasteiger partial charge in [-0.3, -0.25) is 14.7 Å². The lowest BCUT2D eigenvalue weighted by atomic mass is 10.1. The summed E-state index contributed by atoms with van der Waals surface area (Å²) in [6, 6.07) is 21.1. The second-order valence-electron chi connectivity index (χ2n) is 6.91. The van der Waals surface area contributed by atoms with Gasteiger partial charge in [-0.05, 0) is 55.5 Å². The van der Waals surface area contributed by atoms with E-state index in [9.17, 15) is 9.59 Å². The highest BCUT2D eigenvalue weighted by atomic mass is 32.2. The number of hydrogen-bond donors (Lipinski definition) is 3. The largest absolute Gasteiger partial charge is 0.322 e. The van der Waals surface area contributed by atoms with Crippen LogP contribution in [0.4, 0.5) is 11.5 Å². The Balaban J connectivity index is 1.49. The fourth-order valence-corrected chi connectivity index (χ4v) is 3.92. The molecule has 1 aromatic heterocycles. The van der Waals surface area contributed by atoms with Crippen molar-refractivity contribution >= 4 is 46.0 Å². The number of benzene rings is 3. The van der Waals surface area contributed by atoms with E-state index in [1.165, 1.54) is 6.92 Å². The van der Waals surface area contributed by atoms with Gasteiger partial charge in [0.1, 0.15) is 0 Å². The Morgan fingerprint density at radius 1 is 0.933 bits per heavy atom. The lowest BCUT2D eigenvalue weighted by Gasteiger charge is -2.08. The van der Waals surface area contributed by atoms with E-state index in [4.69, 9.17) is 0 Å². The van der Waals surface area contributed by atoms with Crippen LogP contribution in [0.1, 0.15) is 22.8 Å². The highest BCUT2D eigenvalue weighted by Crippen LogP contribution is 2.32. The van der Waals surface area contributed by atoms with E-state index in [0.717, 1.165) is 31.9 Å². The normalized spacial score (nSPS) is 10.7. The standard InChI is InChI=1S/C23H20N4O2S/c1-14-6-8-16(9-7-14)23(29)25-17-4-3-5-18(12-17)30-19-10-11-20-21(13-19)26-27-22(20)24-15(2)28/h3-13H,1-2H3,(H,25,29)(H2,24,26,27,28). The third-order valence-corrected chi connectivity index (χ3v) is 5.45. The van der Waals surface area contributed by atoms with Crippen LogP contribution < -0.4 is 10.6 Å². The first-order valence-corrected chi connectivity index (χ1v) is 10.2. The molecule has 0 aliphatic carbocycles. The molecular formula is C23H20N4O2S. The SMILES string of the molecule is CC(=O)Nc1n[nH]c2cc(Sc3cccc(NC(=O)c4ccc(C)cc4)c3)ccc12. The minimum atomic E-state index is -0.161. The minimum absolute atomic E-state index is 0.137. The Kier molecular flexibility index (Phi) is 5.54. The van der Waals surface area contributed by atoms with Gasteiger partial charge < -0.3 is 10.6 Å². The first kappa shape index (κ1) is 19.7. The number of carbonyl (C=O) groups excluding carboxylic acids is 2. The summed E-state index contributed by atoms with van der Waals surface area (Å²) >= 11 is 1.58. The average Bonchev–Trinajstić information content (AvgIpc) is 3.10. The highest BCUT2D eigenvalue weighted by Gasteiger charge is 2.09. The molecule has 0 aliphatic heterocycles. The van der Waals surface area contributed by atoms with E-state index in [-0.39, 0.29) is 11.8 Å². The molecule has 0 atom stereocenters. The molecule has 150 valence electrons. The Morgan fingerprint density at radius 2 is 1.70 bits per heavy atom. The number of fused-ring (bicyclic) bond motifs is 1. The van der Waals surface area contributed by atoms with Crippen molar-refractivity contribution in [1.29, 1.82) is 0 Å². The van der Waals surface area contributed by atoms with Crippen molar-refractivity contribution in [3.05, 3.63) is 77.9 Å². The van der Waals surface area contributed by atoms with Gasteiger partial charge in [0, 0.05) is 33.4 Å². The maximum Gasteiger partial charge on any atom is 0.255 e. The second kappa shape index (κ2) is 8.42. The molecule has 4 aromatic rings. The maximum absolute atomic E-state index is 12.5. The van der Waals surface area contributed by atoms with Gasteiger partial charge in [0.2, 0.25) is 5.91 Å². The van der Waals surface area contributed by atoms with E-state index in [2.05, 4.69) is 20.8 Å². The second-order valence-corrected chi connectivity index (χ2v) is 8.06. The average molecular weight is 417 g/mol. The van der Waals surface area contributed by atoms with E-state index < -0.39 is 0 Å². The zero-order chi connectivity index (χ0) is 21.1. The van der Waals surface area contributed by atoms with Gasteiger partial charge in [-0.25, -0.2) is 0 Å². The van der Waals surface area contributed by atoms with Crippen LogP contribution in [0.2, 0.25) is 0 Å². The maximum atomic E-state index is 12.5. The lowest BCUT2D eigenvalue weighted by Crippen LogP contribution is -2.11. The number of hydrogen-bond acceptors (Lipinski definition) is 4. The quantitative estimate of drug-likeness (QED) is 0.416. The Bertz CT molecular complexity index is 1230. The predicted octanol–water partition coefficient (Wildman–Crippen LogP) is 5.23. The molecule has 0 spiro atoms. The van der Waals surface area contributed by atoms with Gasteiger partial charge in [-0.2, -0.15) is 5.10 Å². The number of rotatable bonds is 5. The van der Waals surface area contributed by atoms with Gasteiger partial charge in [0.15, 0.2) is 5.82 Å². The summed E-state index contributed by atoms with van der Waals surface area (Å²) in [6.45, 7) is 3.44. The molecule has 3 N–H and O–H groups in total. The van der Waals surface area contributed by atoms with Gasteiger partial charge in [-0.15, -0.1) is 0 Å². The molecule has 30 heavy (non-hydrogen) atoms. The van der Waals surface area contributed by atoms with Crippen molar-refractivity contribution in [2.75, 3.05) is 10.6 Å². The fraction of sp³-hybridized carbons (Fsp3) is 0.0870. The smallest absolute Gasteiger partial charge is 0.255 e. The molecule has 1 heterocycles. The molecule has 2 amide bonds. The van der Waals surface area contributed by atoms with Crippen LogP contribution in [-0.2, 0) is 4.79 Å². The van der Waals surface area contributed by atoms with Crippen molar-refractivity contribution in [2.45, 2.75) is 23.6 Å². The molecule has 0 fully saturated rings. The number of aryl methyl sites for hydroxylation is 1. The van der Waals surface area contributed by atoms with E-state index in [1.807, 2.05) is 73.7 Å². The van der Waals surface area contributed by atoms with Gasteiger partial charge in [0.25, 0.3) is 5.91 Å². The Morgan fingerprint density at radius 3 is 2.47 bits per heavy atom. The molecule has 4 rings (SSSR count). The first-order valence-electron chi connectivity index (χ1n) is 9.39. The molecule has 0 saturated carbocycles. The van der Waals surface area contributed by atoms with Crippen LogP contribution >= 0.6 is 11.8 Å². The third-order valence-electron chi connectivity index (χ3n) is 4.47. The van der Waals surface area contributed by atoms with Crippen molar-refractivity contribution in [3.63, 3.8) is 0 Å². The monoisotopic (exact) mass is 416 g/mol. The Hall–Kier alpha value is -3.58. The van der Waals surface area contributed by atoms with Crippen LogP contribution in [0.3, 0.4) is 0 Å². The predicted molar refractivity (Wildman–Crippen MR) is 120 cm³/mol. The summed E-state index contributed by atoms with van der Waals surface area (Å²) in [5, 5.41) is 13.6. The van der Waals surface area contributed by atoms with Crippen molar-refractivity contribution in [1.82, 2.24) is 10.2 Å². The minimum Gasteiger partial charge on any atom is -0.322 e. The van der Waals surface area contributed by atoms with E-state index >= 15 is 0 Å². The van der Waals surface area contributed by atoms with Gasteiger partial charge in [0.05, 0.1) is 5.52 Å². The van der Waals surface area contributed by atoms with Crippen LogP contribution in [0.15, 0.2) is 76.5 Å². The lowest BCUT2D eigenvalue weighted by molar-refractivity contribution is -0.114. The van der Waals surface area contributed by atoms with E-state index in [1.54, 1.807) is 11.8 Å². The third kappa shape index (κ3) is 4.52. The number of carbonyl (C=O) groups is 2. The Labute approximate surface area is 178 Å². The van der Waals surface area contributed by atoms with Gasteiger partial charge in [-0.1, -0.05) is 35.5 Å². The first-order chi connectivity index (χ1) is 14.5. The number of H-pyrrole nitrogens is 1. The molecule has 7 heteroatoms. The molecule has 0 radical (unpaired) electrons. The van der Waals surface area contributed by atoms with Crippen molar-refractivity contribution in [3.8, 4) is 0 Å². The molecule has 0 bridgehead atoms. The highest BCUT2D eigenvalue weighted by molar-refractivity contribution is 7.99. The summed E-state index contributed by atoms with van der Waals surface area (Å²) in [5.74, 6) is 0.225. The topological polar surface area (TPSA) is 86.9 Å². The fourth-order valence-electron chi connectivity index (χ4n) is 3.01. The number of nitrogens with one attached hydrogen (secondary N) is 3. The van der Waals surface area contributed by atoms with Crippen LogP contribution in [0.25, 0.3) is 10.9 Å². The van der Waals surface area contributed by atoms with Crippen LogP contribution in [0.5, 0.6) is 0 Å². The summed E-state index contributed by atoms with van der Waals surface area (Å²) in [5.41, 5.74) is 3.32. The molecule has 3 aromatic carbocycles. The molecule has 0 unspecified atom stereocenters. The van der Waals surface area contributed by atoms with Crippen molar-refractivity contribution < 1.29 is 9.59 Å². The number of anilines is 2. The number of nitrogens with zero attached hydrogens (tertiary/aromatic N) is 1. The number of aromatic nitrogens is 2.